The fourth-order valence-electron chi connectivity index (χ4n) is 3.84. The van der Waals surface area contributed by atoms with E-state index in [1.807, 2.05) is 37.9 Å². The highest BCUT2D eigenvalue weighted by Crippen LogP contribution is 2.36. The first-order valence-electron chi connectivity index (χ1n) is 9.39. The Balaban J connectivity index is 6.25. The Hall–Kier alpha value is 1.58. The van der Waals surface area contributed by atoms with Gasteiger partial charge in [-0.15, -0.1) is 69.6 Å². The van der Waals surface area contributed by atoms with Gasteiger partial charge in [0.1, 0.15) is 5.60 Å². The van der Waals surface area contributed by atoms with E-state index < -0.39 is 5.60 Å². The number of aliphatic hydroxyl groups is 1. The molecule has 0 aliphatic carbocycles. The highest BCUT2D eigenvalue weighted by atomic mass is 35.5. The molecule has 0 fully saturated rings. The number of nitrogens with zero attached hydrogens (tertiary/aromatic N) is 3. The van der Waals surface area contributed by atoms with Gasteiger partial charge in [-0.1, -0.05) is 6.92 Å². The Bertz CT molecular complexity index is 390. The average molecular weight is 522 g/mol. The Morgan fingerprint density at radius 2 is 1.04 bits per heavy atom. The smallest absolute Gasteiger partial charge is 0.102 e. The molecule has 0 amide bonds. The quantitative estimate of drug-likeness (QED) is 0.314. The van der Waals surface area contributed by atoms with Crippen molar-refractivity contribution in [2.75, 3.05) is 76.1 Å². The van der Waals surface area contributed by atoms with Crippen molar-refractivity contribution in [1.82, 2.24) is 14.7 Å². The summed E-state index contributed by atoms with van der Waals surface area (Å²) in [5.41, 5.74) is -1.26. The van der Waals surface area contributed by atoms with Crippen LogP contribution in [0.15, 0.2) is 0 Å². The van der Waals surface area contributed by atoms with Crippen molar-refractivity contribution in [3.63, 3.8) is 0 Å². The van der Waals surface area contributed by atoms with Gasteiger partial charge < -0.3 is 10.0 Å². The SMILES string of the molecule is CC(C(CCl)N(C)CCCl)C(O)(C(CCl)N(C)CCCl)C(CCl)N(C)CCCl. The molecule has 28 heavy (non-hydrogen) atoms. The molecule has 10 heteroatoms. The predicted octanol–water partition coefficient (Wildman–Crippen LogP) is 3.69. The van der Waals surface area contributed by atoms with Crippen molar-refractivity contribution in [2.24, 2.45) is 5.92 Å². The van der Waals surface area contributed by atoms with E-state index in [1.165, 1.54) is 0 Å². The summed E-state index contributed by atoms with van der Waals surface area (Å²) >= 11 is 37.0. The highest BCUT2D eigenvalue weighted by molar-refractivity contribution is 6.19. The van der Waals surface area contributed by atoms with E-state index in [9.17, 15) is 5.11 Å². The molecule has 170 valence electrons. The van der Waals surface area contributed by atoms with Crippen LogP contribution in [0.25, 0.3) is 0 Å². The van der Waals surface area contributed by atoms with Gasteiger partial charge in [-0.25, -0.2) is 0 Å². The lowest BCUT2D eigenvalue weighted by atomic mass is 9.72. The van der Waals surface area contributed by atoms with E-state index in [0.717, 1.165) is 0 Å². The highest BCUT2D eigenvalue weighted by Gasteiger charge is 2.52. The Labute approximate surface area is 201 Å². The number of likely N-dealkylation sites (N-methyl/N-ethyl adjacent to an activating group) is 2. The number of halogens is 6. The summed E-state index contributed by atoms with van der Waals surface area (Å²) in [4.78, 5) is 6.07. The van der Waals surface area contributed by atoms with Gasteiger partial charge in [0.25, 0.3) is 0 Å². The van der Waals surface area contributed by atoms with Crippen LogP contribution in [0.4, 0.5) is 0 Å². The molecule has 0 saturated carbocycles. The normalized spacial score (nSPS) is 19.1. The minimum Gasteiger partial charge on any atom is -0.386 e. The third-order valence-corrected chi connectivity index (χ3v) is 7.17. The Morgan fingerprint density at radius 1 is 0.679 bits per heavy atom. The second-order valence-corrected chi connectivity index (χ2v) is 9.31. The number of hydrogen-bond donors (Lipinski definition) is 1. The second-order valence-electron chi connectivity index (χ2n) is 7.25. The molecule has 4 atom stereocenters. The molecule has 0 rings (SSSR count). The molecule has 0 radical (unpaired) electrons. The number of rotatable bonds is 16. The summed E-state index contributed by atoms with van der Waals surface area (Å²) in [6.07, 6.45) is 0. The second kappa shape index (κ2) is 15.4. The molecule has 0 bridgehead atoms. The minimum absolute atomic E-state index is 0.115. The van der Waals surface area contributed by atoms with E-state index in [4.69, 9.17) is 69.6 Å². The van der Waals surface area contributed by atoms with E-state index in [1.54, 1.807) is 0 Å². The summed E-state index contributed by atoms with van der Waals surface area (Å²) in [7, 11) is 5.79. The molecule has 0 spiro atoms. The Morgan fingerprint density at radius 3 is 1.32 bits per heavy atom. The van der Waals surface area contributed by atoms with Crippen LogP contribution in [0, 0.1) is 5.92 Å². The van der Waals surface area contributed by atoms with Crippen LogP contribution in [-0.2, 0) is 0 Å². The summed E-state index contributed by atoms with van der Waals surface area (Å²) < 4.78 is 0. The monoisotopic (exact) mass is 519 g/mol. The van der Waals surface area contributed by atoms with Crippen LogP contribution in [0.1, 0.15) is 6.92 Å². The van der Waals surface area contributed by atoms with Crippen molar-refractivity contribution in [2.45, 2.75) is 30.7 Å². The molecule has 4 nitrogen and oxygen atoms in total. The van der Waals surface area contributed by atoms with Crippen molar-refractivity contribution < 1.29 is 5.11 Å². The maximum atomic E-state index is 12.3. The van der Waals surface area contributed by atoms with Gasteiger partial charge in [-0.05, 0) is 21.1 Å². The lowest BCUT2D eigenvalue weighted by Gasteiger charge is -2.53. The maximum Gasteiger partial charge on any atom is 0.102 e. The van der Waals surface area contributed by atoms with Gasteiger partial charge in [0.2, 0.25) is 0 Å². The fourth-order valence-corrected chi connectivity index (χ4v) is 6.10. The first kappa shape index (κ1) is 29.6. The van der Waals surface area contributed by atoms with E-state index in [2.05, 4.69) is 4.90 Å². The van der Waals surface area contributed by atoms with E-state index in [-0.39, 0.29) is 35.8 Å². The van der Waals surface area contributed by atoms with E-state index >= 15 is 0 Å². The van der Waals surface area contributed by atoms with Crippen molar-refractivity contribution >= 4 is 69.6 Å². The molecular formula is C18H35Cl6N3O. The lowest BCUT2D eigenvalue weighted by molar-refractivity contribution is -0.131. The largest absolute Gasteiger partial charge is 0.386 e. The maximum absolute atomic E-state index is 12.3. The third-order valence-electron chi connectivity index (χ3n) is 5.77. The summed E-state index contributed by atoms with van der Waals surface area (Å²) in [6, 6.07) is -0.866. The zero-order valence-corrected chi connectivity index (χ0v) is 21.8. The van der Waals surface area contributed by atoms with Crippen LogP contribution >= 0.6 is 69.6 Å². The third kappa shape index (κ3) is 7.62. The van der Waals surface area contributed by atoms with Gasteiger partial charge in [0, 0.05) is 66.9 Å². The summed E-state index contributed by atoms with van der Waals surface area (Å²) in [5, 5.41) is 12.3. The average Bonchev–Trinajstić information content (AvgIpc) is 2.64. The molecule has 0 aromatic carbocycles. The standard InChI is InChI=1S/C18H35Cl6N3O/c1-14(15(11-22)25(2)8-5-19)18(28,16(12-23)26(3)9-6-20)17(13-24)27(4)10-7-21/h14-17,28H,5-13H2,1-4H3. The molecule has 0 aromatic rings. The number of alkyl halides is 6. The molecule has 0 aliphatic rings. The zero-order chi connectivity index (χ0) is 21.9. The van der Waals surface area contributed by atoms with Gasteiger partial charge >= 0.3 is 0 Å². The molecule has 0 heterocycles. The van der Waals surface area contributed by atoms with Crippen LogP contribution in [0.3, 0.4) is 0 Å². The topological polar surface area (TPSA) is 30.0 Å². The molecule has 0 aliphatic heterocycles. The number of hydrogen-bond acceptors (Lipinski definition) is 4. The molecular weight excluding hydrogens is 487 g/mol. The lowest BCUT2D eigenvalue weighted by Crippen LogP contribution is -2.70. The van der Waals surface area contributed by atoms with E-state index in [0.29, 0.717) is 43.2 Å². The summed E-state index contributed by atoms with van der Waals surface area (Å²) in [6.45, 7) is 3.84. The predicted molar refractivity (Wildman–Crippen MR) is 128 cm³/mol. The van der Waals surface area contributed by atoms with Crippen LogP contribution in [0.2, 0.25) is 0 Å². The molecule has 0 aromatic heterocycles. The zero-order valence-electron chi connectivity index (χ0n) is 17.2. The molecule has 4 unspecified atom stereocenters. The van der Waals surface area contributed by atoms with Crippen LogP contribution < -0.4 is 0 Å². The molecule has 1 N–H and O–H groups in total. The van der Waals surface area contributed by atoms with Gasteiger partial charge in [-0.3, -0.25) is 9.80 Å². The van der Waals surface area contributed by atoms with Crippen LogP contribution in [-0.4, -0.2) is 120 Å². The van der Waals surface area contributed by atoms with Crippen molar-refractivity contribution in [3.05, 3.63) is 0 Å². The first-order chi connectivity index (χ1) is 13.2. The minimum atomic E-state index is -1.26. The van der Waals surface area contributed by atoms with Gasteiger partial charge in [-0.2, -0.15) is 0 Å². The Kier molecular flexibility index (Phi) is 16.3. The summed E-state index contributed by atoms with van der Waals surface area (Å²) in [5.74, 6) is 1.89. The van der Waals surface area contributed by atoms with Crippen LogP contribution in [0.5, 0.6) is 0 Å². The van der Waals surface area contributed by atoms with Gasteiger partial charge in [0.15, 0.2) is 0 Å². The van der Waals surface area contributed by atoms with Gasteiger partial charge in [0.05, 0.1) is 12.1 Å². The van der Waals surface area contributed by atoms with Crippen molar-refractivity contribution in [1.29, 1.82) is 0 Å². The first-order valence-corrected chi connectivity index (χ1v) is 12.6. The fraction of sp³-hybridized carbons (Fsp3) is 1.00. The molecule has 0 saturated heterocycles. The van der Waals surface area contributed by atoms with Crippen molar-refractivity contribution in [3.8, 4) is 0 Å².